The summed E-state index contributed by atoms with van der Waals surface area (Å²) in [4.78, 5) is 10.0. The first kappa shape index (κ1) is 9.63. The molecular formula is C7H8F2N2O2. The number of hydrogen-bond acceptors (Lipinski definition) is 2. The summed E-state index contributed by atoms with van der Waals surface area (Å²) in [6.45, 7) is -0.105. The minimum absolute atomic E-state index is 0.105. The molecule has 0 bridgehead atoms. The van der Waals surface area contributed by atoms with Gasteiger partial charge in [0.15, 0.2) is 0 Å². The molecule has 0 spiro atoms. The predicted octanol–water partition coefficient (Wildman–Crippen LogP) is 0.993. The van der Waals surface area contributed by atoms with Gasteiger partial charge in [-0.25, -0.2) is 4.79 Å². The number of nitrogens with zero attached hydrogens (tertiary/aromatic N) is 2. The maximum Gasteiger partial charge on any atom is 0.374 e. The van der Waals surface area contributed by atoms with Crippen molar-refractivity contribution in [1.29, 1.82) is 0 Å². The number of carboxylic acids is 1. The fourth-order valence-electron chi connectivity index (χ4n) is 0.795. The van der Waals surface area contributed by atoms with Crippen molar-refractivity contribution in [2.75, 3.05) is 0 Å². The number of carboxylic acid groups (broad SMARTS) is 1. The Kier molecular flexibility index (Phi) is 2.60. The minimum atomic E-state index is -3.67. The van der Waals surface area contributed by atoms with Crippen LogP contribution in [0, 0.1) is 0 Å². The molecule has 0 radical (unpaired) electrons. The van der Waals surface area contributed by atoms with Gasteiger partial charge in [0.05, 0.1) is 0 Å². The van der Waals surface area contributed by atoms with Crippen LogP contribution in [0.1, 0.15) is 6.42 Å². The van der Waals surface area contributed by atoms with Crippen LogP contribution in [0.3, 0.4) is 0 Å². The molecule has 0 aromatic carbocycles. The first-order valence-corrected chi connectivity index (χ1v) is 3.61. The normalized spacial score (nSPS) is 11.5. The largest absolute Gasteiger partial charge is 0.477 e. The van der Waals surface area contributed by atoms with Crippen LogP contribution in [0.15, 0.2) is 18.5 Å². The van der Waals surface area contributed by atoms with E-state index in [-0.39, 0.29) is 6.54 Å². The fourth-order valence-corrected chi connectivity index (χ4v) is 0.795. The zero-order valence-electron chi connectivity index (χ0n) is 6.65. The summed E-state index contributed by atoms with van der Waals surface area (Å²) < 4.78 is 26.3. The molecule has 0 saturated carbocycles. The Morgan fingerprint density at radius 1 is 1.62 bits per heavy atom. The van der Waals surface area contributed by atoms with E-state index in [1.165, 1.54) is 17.1 Å². The molecule has 0 aliphatic carbocycles. The van der Waals surface area contributed by atoms with E-state index < -0.39 is 18.3 Å². The first-order chi connectivity index (χ1) is 6.02. The highest BCUT2D eigenvalue weighted by Gasteiger charge is 2.38. The van der Waals surface area contributed by atoms with Crippen molar-refractivity contribution in [2.24, 2.45) is 0 Å². The zero-order valence-corrected chi connectivity index (χ0v) is 6.65. The average molecular weight is 190 g/mol. The van der Waals surface area contributed by atoms with Crippen molar-refractivity contribution < 1.29 is 18.7 Å². The van der Waals surface area contributed by atoms with Gasteiger partial charge >= 0.3 is 11.9 Å². The van der Waals surface area contributed by atoms with Crippen molar-refractivity contribution in [2.45, 2.75) is 18.9 Å². The third-order valence-corrected chi connectivity index (χ3v) is 1.53. The number of rotatable bonds is 4. The number of hydrogen-bond donors (Lipinski definition) is 1. The Morgan fingerprint density at radius 2 is 2.31 bits per heavy atom. The predicted molar refractivity (Wildman–Crippen MR) is 39.4 cm³/mol. The second kappa shape index (κ2) is 3.51. The third-order valence-electron chi connectivity index (χ3n) is 1.53. The number of alkyl halides is 2. The van der Waals surface area contributed by atoms with Crippen LogP contribution in [0.2, 0.25) is 0 Å². The number of aromatic nitrogens is 2. The van der Waals surface area contributed by atoms with E-state index in [2.05, 4.69) is 5.10 Å². The Labute approximate surface area is 72.8 Å². The van der Waals surface area contributed by atoms with Gasteiger partial charge < -0.3 is 5.11 Å². The van der Waals surface area contributed by atoms with E-state index in [1.54, 1.807) is 6.07 Å². The van der Waals surface area contributed by atoms with Gasteiger partial charge in [0, 0.05) is 25.4 Å². The maximum absolute atomic E-state index is 12.5. The molecule has 1 aromatic heterocycles. The monoisotopic (exact) mass is 190 g/mol. The van der Waals surface area contributed by atoms with Crippen molar-refractivity contribution in [3.05, 3.63) is 18.5 Å². The van der Waals surface area contributed by atoms with E-state index in [1.807, 2.05) is 0 Å². The molecule has 0 fully saturated rings. The Bertz CT molecular complexity index is 285. The average Bonchev–Trinajstić information content (AvgIpc) is 2.52. The van der Waals surface area contributed by atoms with E-state index in [0.29, 0.717) is 0 Å². The summed E-state index contributed by atoms with van der Waals surface area (Å²) in [6, 6.07) is 1.58. The van der Waals surface area contributed by atoms with Gasteiger partial charge in [-0.3, -0.25) is 4.68 Å². The number of aryl methyl sites for hydroxylation is 1. The lowest BCUT2D eigenvalue weighted by atomic mass is 10.2. The van der Waals surface area contributed by atoms with Crippen LogP contribution in [-0.2, 0) is 11.3 Å². The van der Waals surface area contributed by atoms with Crippen LogP contribution in [0.25, 0.3) is 0 Å². The van der Waals surface area contributed by atoms with E-state index >= 15 is 0 Å². The molecule has 1 rings (SSSR count). The molecule has 6 heteroatoms. The number of halogens is 2. The highest BCUT2D eigenvalue weighted by molar-refractivity contribution is 5.75. The molecule has 0 unspecified atom stereocenters. The van der Waals surface area contributed by atoms with Gasteiger partial charge in [-0.15, -0.1) is 0 Å². The second-order valence-electron chi connectivity index (χ2n) is 2.53. The highest BCUT2D eigenvalue weighted by Crippen LogP contribution is 2.18. The van der Waals surface area contributed by atoms with Crippen LogP contribution < -0.4 is 0 Å². The van der Waals surface area contributed by atoms with Gasteiger partial charge in [-0.2, -0.15) is 13.9 Å². The topological polar surface area (TPSA) is 55.1 Å². The summed E-state index contributed by atoms with van der Waals surface area (Å²) in [6.07, 6.45) is 2.20. The Balaban J connectivity index is 2.47. The summed E-state index contributed by atoms with van der Waals surface area (Å²) in [5, 5.41) is 11.8. The van der Waals surface area contributed by atoms with Crippen molar-refractivity contribution >= 4 is 5.97 Å². The lowest BCUT2D eigenvalue weighted by molar-refractivity contribution is -0.166. The number of aliphatic carboxylic acids is 1. The molecule has 4 nitrogen and oxygen atoms in total. The Hall–Kier alpha value is -1.46. The van der Waals surface area contributed by atoms with Crippen LogP contribution in [-0.4, -0.2) is 26.8 Å². The molecule has 0 amide bonds. The summed E-state index contributed by atoms with van der Waals surface area (Å²) in [5.41, 5.74) is 0. The molecule has 1 heterocycles. The van der Waals surface area contributed by atoms with Crippen molar-refractivity contribution in [3.63, 3.8) is 0 Å². The van der Waals surface area contributed by atoms with Gasteiger partial charge in [-0.1, -0.05) is 0 Å². The SMILES string of the molecule is O=C(O)C(F)(F)CCn1cccn1. The third kappa shape index (κ3) is 2.50. The molecule has 0 atom stereocenters. The van der Waals surface area contributed by atoms with Crippen molar-refractivity contribution in [1.82, 2.24) is 9.78 Å². The van der Waals surface area contributed by atoms with Crippen molar-refractivity contribution in [3.8, 4) is 0 Å². The van der Waals surface area contributed by atoms with Gasteiger partial charge in [-0.05, 0) is 6.07 Å². The van der Waals surface area contributed by atoms with E-state index in [4.69, 9.17) is 5.11 Å². The molecular weight excluding hydrogens is 182 g/mol. The Morgan fingerprint density at radius 3 is 2.77 bits per heavy atom. The summed E-state index contributed by atoms with van der Waals surface area (Å²) in [7, 11) is 0. The van der Waals surface area contributed by atoms with Gasteiger partial charge in [0.25, 0.3) is 0 Å². The fraction of sp³-hybridized carbons (Fsp3) is 0.429. The molecule has 0 aliphatic heterocycles. The number of carbonyl (C=O) groups is 1. The van der Waals surface area contributed by atoms with Crippen LogP contribution >= 0.6 is 0 Å². The second-order valence-corrected chi connectivity index (χ2v) is 2.53. The standard InChI is InChI=1S/C7H8F2N2O2/c8-7(9,6(12)13)2-5-11-4-1-3-10-11/h1,3-4H,2,5H2,(H,12,13). The molecule has 72 valence electrons. The lowest BCUT2D eigenvalue weighted by Gasteiger charge is -2.10. The molecule has 1 N–H and O–H groups in total. The molecule has 0 saturated heterocycles. The molecule has 0 aliphatic rings. The van der Waals surface area contributed by atoms with Gasteiger partial charge in [0.2, 0.25) is 0 Å². The molecule has 13 heavy (non-hydrogen) atoms. The van der Waals surface area contributed by atoms with Crippen LogP contribution in [0.5, 0.6) is 0 Å². The summed E-state index contributed by atoms with van der Waals surface area (Å²) >= 11 is 0. The smallest absolute Gasteiger partial charge is 0.374 e. The quantitative estimate of drug-likeness (QED) is 0.770. The first-order valence-electron chi connectivity index (χ1n) is 3.61. The van der Waals surface area contributed by atoms with E-state index in [9.17, 15) is 13.6 Å². The summed E-state index contributed by atoms with van der Waals surface area (Å²) in [5.74, 6) is -5.77. The van der Waals surface area contributed by atoms with E-state index in [0.717, 1.165) is 0 Å². The van der Waals surface area contributed by atoms with Gasteiger partial charge in [0.1, 0.15) is 0 Å². The van der Waals surface area contributed by atoms with Crippen LogP contribution in [0.4, 0.5) is 8.78 Å². The highest BCUT2D eigenvalue weighted by atomic mass is 19.3. The zero-order chi connectivity index (χ0) is 9.90. The molecule has 1 aromatic rings. The lowest BCUT2D eigenvalue weighted by Crippen LogP contribution is -2.29. The minimum Gasteiger partial charge on any atom is -0.477 e. The maximum atomic E-state index is 12.5.